The first kappa shape index (κ1) is 19.6. The highest BCUT2D eigenvalue weighted by Gasteiger charge is 2.41. The number of piperidine rings is 1. The SMILES string of the molecule is Cc1ccncc1-c1cc2cc(NC(=O)C=C3CC4(CCNCC4)C3)ncc2c(N)n1. The number of hydrogen-bond donors (Lipinski definition) is 3. The van der Waals surface area contributed by atoms with Gasteiger partial charge in [0.15, 0.2) is 0 Å². The van der Waals surface area contributed by atoms with Crippen molar-refractivity contribution >= 4 is 28.3 Å². The normalized spacial score (nSPS) is 17.4. The van der Waals surface area contributed by atoms with Crippen molar-refractivity contribution in [2.24, 2.45) is 5.41 Å². The molecule has 31 heavy (non-hydrogen) atoms. The molecule has 7 nitrogen and oxygen atoms in total. The Labute approximate surface area is 181 Å². The van der Waals surface area contributed by atoms with Crippen LogP contribution in [0.25, 0.3) is 22.0 Å². The molecule has 158 valence electrons. The quantitative estimate of drug-likeness (QED) is 0.566. The summed E-state index contributed by atoms with van der Waals surface area (Å²) in [6.07, 6.45) is 11.4. The lowest BCUT2D eigenvalue weighted by molar-refractivity contribution is -0.112. The van der Waals surface area contributed by atoms with Gasteiger partial charge in [-0.1, -0.05) is 5.57 Å². The Morgan fingerprint density at radius 1 is 1.23 bits per heavy atom. The molecule has 3 aromatic rings. The van der Waals surface area contributed by atoms with Crippen molar-refractivity contribution < 1.29 is 4.79 Å². The van der Waals surface area contributed by atoms with Gasteiger partial charge in [0.25, 0.3) is 0 Å². The van der Waals surface area contributed by atoms with Gasteiger partial charge in [0.05, 0.1) is 5.69 Å². The van der Waals surface area contributed by atoms with E-state index in [4.69, 9.17) is 5.73 Å². The molecular weight excluding hydrogens is 388 g/mol. The van der Waals surface area contributed by atoms with Crippen LogP contribution in [-0.2, 0) is 4.79 Å². The molecular formula is C24H26N6O. The summed E-state index contributed by atoms with van der Waals surface area (Å²) in [5.41, 5.74) is 10.6. The lowest BCUT2D eigenvalue weighted by Crippen LogP contribution is -2.42. The number of nitrogens with two attached hydrogens (primary N) is 1. The van der Waals surface area contributed by atoms with Gasteiger partial charge >= 0.3 is 0 Å². The number of allylic oxidation sites excluding steroid dienone is 1. The zero-order chi connectivity index (χ0) is 21.4. The second kappa shape index (κ2) is 7.74. The largest absolute Gasteiger partial charge is 0.383 e. The number of carbonyl (C=O) groups is 1. The van der Waals surface area contributed by atoms with E-state index in [1.54, 1.807) is 24.7 Å². The lowest BCUT2D eigenvalue weighted by Gasteiger charge is -2.47. The van der Waals surface area contributed by atoms with Crippen molar-refractivity contribution in [3.05, 3.63) is 54.0 Å². The average Bonchev–Trinajstić information content (AvgIpc) is 2.73. The molecule has 4 heterocycles. The number of nitrogens with one attached hydrogen (secondary N) is 2. The van der Waals surface area contributed by atoms with Gasteiger partial charge in [-0.3, -0.25) is 9.78 Å². The Hall–Kier alpha value is -3.32. The van der Waals surface area contributed by atoms with E-state index in [-0.39, 0.29) is 5.91 Å². The van der Waals surface area contributed by atoms with E-state index in [0.29, 0.717) is 17.1 Å². The van der Waals surface area contributed by atoms with Gasteiger partial charge < -0.3 is 16.4 Å². The van der Waals surface area contributed by atoms with Crippen LogP contribution in [0.5, 0.6) is 0 Å². The highest BCUT2D eigenvalue weighted by Crippen LogP contribution is 2.51. The number of rotatable bonds is 3. The third-order valence-corrected chi connectivity index (χ3v) is 6.51. The number of aryl methyl sites for hydroxylation is 1. The number of hydrogen-bond acceptors (Lipinski definition) is 6. The lowest BCUT2D eigenvalue weighted by atomic mass is 9.60. The predicted molar refractivity (Wildman–Crippen MR) is 122 cm³/mol. The number of pyridine rings is 3. The van der Waals surface area contributed by atoms with Crippen LogP contribution in [-0.4, -0.2) is 33.9 Å². The standard InChI is InChI=1S/C24H26N6O/c1-15-2-5-27-13-18(15)20-9-17-10-21(28-14-19(17)23(25)29-20)30-22(31)8-16-11-24(12-16)3-6-26-7-4-24/h2,5,8-10,13-14,26H,3-4,6-7,11-12H2,1H3,(H2,25,29)(H,28,30,31). The fourth-order valence-electron chi connectivity index (χ4n) is 4.78. The molecule has 1 amide bonds. The monoisotopic (exact) mass is 414 g/mol. The molecule has 0 bridgehead atoms. The smallest absolute Gasteiger partial charge is 0.249 e. The summed E-state index contributed by atoms with van der Waals surface area (Å²) in [6.45, 7) is 4.18. The summed E-state index contributed by atoms with van der Waals surface area (Å²) < 4.78 is 0. The van der Waals surface area contributed by atoms with Crippen LogP contribution in [0.2, 0.25) is 0 Å². The molecule has 0 aromatic carbocycles. The fraction of sp³-hybridized carbons (Fsp3) is 0.333. The van der Waals surface area contributed by atoms with Crippen LogP contribution in [0.4, 0.5) is 11.6 Å². The number of carbonyl (C=O) groups excluding carboxylic acids is 1. The van der Waals surface area contributed by atoms with Gasteiger partial charge in [0.1, 0.15) is 11.6 Å². The summed E-state index contributed by atoms with van der Waals surface area (Å²) in [6, 6.07) is 5.74. The van der Waals surface area contributed by atoms with Crippen molar-refractivity contribution in [2.75, 3.05) is 24.1 Å². The molecule has 2 fully saturated rings. The van der Waals surface area contributed by atoms with Crippen molar-refractivity contribution in [1.82, 2.24) is 20.3 Å². The van der Waals surface area contributed by atoms with Crippen LogP contribution in [0, 0.1) is 12.3 Å². The van der Waals surface area contributed by atoms with E-state index in [2.05, 4.69) is 25.6 Å². The van der Waals surface area contributed by atoms with Crippen molar-refractivity contribution in [1.29, 1.82) is 0 Å². The summed E-state index contributed by atoms with van der Waals surface area (Å²) in [7, 11) is 0. The molecule has 0 unspecified atom stereocenters. The van der Waals surface area contributed by atoms with Crippen molar-refractivity contribution in [3.63, 3.8) is 0 Å². The van der Waals surface area contributed by atoms with Crippen LogP contribution >= 0.6 is 0 Å². The average molecular weight is 415 g/mol. The number of nitrogen functional groups attached to an aromatic ring is 1. The molecule has 2 aliphatic rings. The molecule has 1 aliphatic carbocycles. The number of nitrogens with zero attached hydrogens (tertiary/aromatic N) is 3. The molecule has 1 saturated carbocycles. The summed E-state index contributed by atoms with van der Waals surface area (Å²) in [5, 5.41) is 7.94. The molecule has 1 spiro atoms. The van der Waals surface area contributed by atoms with Gasteiger partial charge in [-0.25, -0.2) is 9.97 Å². The zero-order valence-electron chi connectivity index (χ0n) is 17.6. The van der Waals surface area contributed by atoms with Gasteiger partial charge in [-0.2, -0.15) is 0 Å². The molecule has 0 radical (unpaired) electrons. The molecule has 1 saturated heterocycles. The fourth-order valence-corrected chi connectivity index (χ4v) is 4.78. The van der Waals surface area contributed by atoms with Crippen LogP contribution < -0.4 is 16.4 Å². The second-order valence-corrected chi connectivity index (χ2v) is 8.77. The molecule has 3 aromatic heterocycles. The maximum Gasteiger partial charge on any atom is 0.249 e. The number of fused-ring (bicyclic) bond motifs is 1. The highest BCUT2D eigenvalue weighted by molar-refractivity contribution is 6.01. The van der Waals surface area contributed by atoms with Gasteiger partial charge in [-0.05, 0) is 80.3 Å². The van der Waals surface area contributed by atoms with Crippen molar-refractivity contribution in [2.45, 2.75) is 32.6 Å². The van der Waals surface area contributed by atoms with Gasteiger partial charge in [0, 0.05) is 35.6 Å². The molecule has 7 heteroatoms. The van der Waals surface area contributed by atoms with E-state index in [1.165, 1.54) is 18.4 Å². The van der Waals surface area contributed by atoms with Crippen LogP contribution in [0.15, 0.2) is 48.4 Å². The van der Waals surface area contributed by atoms with E-state index in [9.17, 15) is 4.79 Å². The topological polar surface area (TPSA) is 106 Å². The Morgan fingerprint density at radius 2 is 2.03 bits per heavy atom. The Bertz CT molecular complexity index is 1190. The first-order valence-electron chi connectivity index (χ1n) is 10.7. The summed E-state index contributed by atoms with van der Waals surface area (Å²) >= 11 is 0. The first-order valence-corrected chi connectivity index (χ1v) is 10.7. The van der Waals surface area contributed by atoms with Gasteiger partial charge in [-0.15, -0.1) is 0 Å². The minimum absolute atomic E-state index is 0.129. The predicted octanol–water partition coefficient (Wildman–Crippen LogP) is 3.61. The Morgan fingerprint density at radius 3 is 2.81 bits per heavy atom. The number of anilines is 2. The third-order valence-electron chi connectivity index (χ3n) is 6.51. The summed E-state index contributed by atoms with van der Waals surface area (Å²) in [5.74, 6) is 0.783. The minimum atomic E-state index is -0.129. The zero-order valence-corrected chi connectivity index (χ0v) is 17.6. The molecule has 4 N–H and O–H groups in total. The Kier molecular flexibility index (Phi) is 4.90. The van der Waals surface area contributed by atoms with Crippen molar-refractivity contribution in [3.8, 4) is 11.3 Å². The minimum Gasteiger partial charge on any atom is -0.383 e. The number of amides is 1. The third kappa shape index (κ3) is 3.88. The maximum atomic E-state index is 12.5. The van der Waals surface area contributed by atoms with Crippen LogP contribution in [0.3, 0.4) is 0 Å². The summed E-state index contributed by atoms with van der Waals surface area (Å²) in [4.78, 5) is 25.6. The maximum absolute atomic E-state index is 12.5. The molecule has 5 rings (SSSR count). The number of aromatic nitrogens is 3. The van der Waals surface area contributed by atoms with E-state index >= 15 is 0 Å². The highest BCUT2D eigenvalue weighted by atomic mass is 16.1. The van der Waals surface area contributed by atoms with E-state index in [1.807, 2.05) is 25.1 Å². The van der Waals surface area contributed by atoms with E-state index < -0.39 is 0 Å². The van der Waals surface area contributed by atoms with Crippen LogP contribution in [0.1, 0.15) is 31.2 Å². The van der Waals surface area contributed by atoms with Gasteiger partial charge in [0.2, 0.25) is 5.91 Å². The first-order chi connectivity index (χ1) is 15.0. The second-order valence-electron chi connectivity index (χ2n) is 8.77. The molecule has 1 aliphatic heterocycles. The molecule has 0 atom stereocenters. The van der Waals surface area contributed by atoms with E-state index in [0.717, 1.165) is 53.5 Å². The Balaban J connectivity index is 1.35.